The SMILES string of the molecule is Cc1c(CN2CCC(Br)C2=O)cnn1C. The van der Waals surface area contributed by atoms with E-state index in [0.29, 0.717) is 6.54 Å². The van der Waals surface area contributed by atoms with Crippen molar-refractivity contribution in [1.82, 2.24) is 14.7 Å². The largest absolute Gasteiger partial charge is 0.337 e. The van der Waals surface area contributed by atoms with Gasteiger partial charge in [0.1, 0.15) is 0 Å². The lowest BCUT2D eigenvalue weighted by Gasteiger charge is -2.15. The average Bonchev–Trinajstić information content (AvgIpc) is 2.68. The highest BCUT2D eigenvalue weighted by atomic mass is 79.9. The minimum Gasteiger partial charge on any atom is -0.337 e. The van der Waals surface area contributed by atoms with Crippen molar-refractivity contribution in [3.8, 4) is 0 Å². The second kappa shape index (κ2) is 3.96. The number of aromatic nitrogens is 2. The normalized spacial score (nSPS) is 21.4. The van der Waals surface area contributed by atoms with Crippen LogP contribution < -0.4 is 0 Å². The minimum absolute atomic E-state index is 0.00878. The first kappa shape index (κ1) is 10.7. The van der Waals surface area contributed by atoms with Crippen LogP contribution in [-0.4, -0.2) is 32.0 Å². The maximum absolute atomic E-state index is 11.7. The molecule has 5 heteroatoms. The van der Waals surface area contributed by atoms with Crippen LogP contribution in [0.5, 0.6) is 0 Å². The summed E-state index contributed by atoms with van der Waals surface area (Å²) in [5, 5.41) is 4.17. The zero-order valence-corrected chi connectivity index (χ0v) is 10.5. The van der Waals surface area contributed by atoms with Crippen molar-refractivity contribution in [2.75, 3.05) is 6.54 Å². The van der Waals surface area contributed by atoms with Gasteiger partial charge < -0.3 is 4.90 Å². The Hall–Kier alpha value is -0.840. The first-order valence-electron chi connectivity index (χ1n) is 5.00. The Balaban J connectivity index is 2.10. The van der Waals surface area contributed by atoms with E-state index in [1.807, 2.05) is 29.7 Å². The van der Waals surface area contributed by atoms with Crippen LogP contribution in [0.2, 0.25) is 0 Å². The van der Waals surface area contributed by atoms with Gasteiger partial charge in [0.25, 0.3) is 0 Å². The van der Waals surface area contributed by atoms with E-state index in [4.69, 9.17) is 0 Å². The molecule has 1 aliphatic heterocycles. The summed E-state index contributed by atoms with van der Waals surface area (Å²) < 4.78 is 1.83. The second-order valence-electron chi connectivity index (χ2n) is 3.89. The van der Waals surface area contributed by atoms with Gasteiger partial charge in [0, 0.05) is 31.4 Å². The number of rotatable bonds is 2. The summed E-state index contributed by atoms with van der Waals surface area (Å²) in [4.78, 5) is 13.6. The third-order valence-electron chi connectivity index (χ3n) is 2.93. The third-order valence-corrected chi connectivity index (χ3v) is 3.78. The highest BCUT2D eigenvalue weighted by Crippen LogP contribution is 2.21. The van der Waals surface area contributed by atoms with Crippen LogP contribution in [0.1, 0.15) is 17.7 Å². The van der Waals surface area contributed by atoms with Crippen molar-refractivity contribution in [3.63, 3.8) is 0 Å². The quantitative estimate of drug-likeness (QED) is 0.759. The molecule has 4 nitrogen and oxygen atoms in total. The van der Waals surface area contributed by atoms with Crippen molar-refractivity contribution in [2.45, 2.75) is 24.7 Å². The van der Waals surface area contributed by atoms with Crippen LogP contribution in [0.15, 0.2) is 6.20 Å². The Bertz CT molecular complexity index is 388. The molecule has 0 N–H and O–H groups in total. The molecule has 1 unspecified atom stereocenters. The standard InChI is InChI=1S/C10H14BrN3O/c1-7-8(5-12-13(7)2)6-14-4-3-9(11)10(14)15/h5,9H,3-4,6H2,1-2H3. The van der Waals surface area contributed by atoms with Gasteiger partial charge in [0.15, 0.2) is 0 Å². The zero-order chi connectivity index (χ0) is 11.0. The summed E-state index contributed by atoms with van der Waals surface area (Å²) in [6.07, 6.45) is 2.74. The number of halogens is 1. The Morgan fingerprint density at radius 3 is 2.87 bits per heavy atom. The van der Waals surface area contributed by atoms with Crippen molar-refractivity contribution in [2.24, 2.45) is 7.05 Å². The summed E-state index contributed by atoms with van der Waals surface area (Å²) in [5.41, 5.74) is 2.26. The van der Waals surface area contributed by atoms with Crippen LogP contribution in [0.3, 0.4) is 0 Å². The Morgan fingerprint density at radius 2 is 2.40 bits per heavy atom. The fraction of sp³-hybridized carbons (Fsp3) is 0.600. The van der Waals surface area contributed by atoms with E-state index in [1.54, 1.807) is 0 Å². The summed E-state index contributed by atoms with van der Waals surface area (Å²) >= 11 is 3.37. The van der Waals surface area contributed by atoms with Gasteiger partial charge in [0.2, 0.25) is 5.91 Å². The van der Waals surface area contributed by atoms with E-state index in [1.165, 1.54) is 0 Å². The lowest BCUT2D eigenvalue weighted by atomic mass is 10.2. The molecule has 2 rings (SSSR count). The molecule has 1 aromatic heterocycles. The van der Waals surface area contributed by atoms with Gasteiger partial charge >= 0.3 is 0 Å². The Morgan fingerprint density at radius 1 is 1.67 bits per heavy atom. The van der Waals surface area contributed by atoms with Crippen LogP contribution in [0.25, 0.3) is 0 Å². The number of aryl methyl sites for hydroxylation is 1. The van der Waals surface area contributed by atoms with Crippen molar-refractivity contribution >= 4 is 21.8 Å². The maximum atomic E-state index is 11.7. The lowest BCUT2D eigenvalue weighted by molar-refractivity contribution is -0.127. The summed E-state index contributed by atoms with van der Waals surface area (Å²) in [5.74, 6) is 0.193. The maximum Gasteiger partial charge on any atom is 0.236 e. The van der Waals surface area contributed by atoms with Gasteiger partial charge in [-0.05, 0) is 13.3 Å². The molecule has 0 aliphatic carbocycles. The van der Waals surface area contributed by atoms with E-state index in [-0.39, 0.29) is 10.7 Å². The molecule has 82 valence electrons. The molecule has 1 fully saturated rings. The highest BCUT2D eigenvalue weighted by Gasteiger charge is 2.29. The zero-order valence-electron chi connectivity index (χ0n) is 8.90. The Kier molecular flexibility index (Phi) is 2.82. The van der Waals surface area contributed by atoms with E-state index in [2.05, 4.69) is 21.0 Å². The first-order chi connectivity index (χ1) is 7.09. The third kappa shape index (κ3) is 1.93. The number of likely N-dealkylation sites (tertiary alicyclic amines) is 1. The second-order valence-corrected chi connectivity index (χ2v) is 5.00. The number of carbonyl (C=O) groups excluding carboxylic acids is 1. The van der Waals surface area contributed by atoms with Gasteiger partial charge in [-0.15, -0.1) is 0 Å². The summed E-state index contributed by atoms with van der Waals surface area (Å²) in [6, 6.07) is 0. The van der Waals surface area contributed by atoms with Crippen LogP contribution in [0.4, 0.5) is 0 Å². The fourth-order valence-corrected chi connectivity index (χ4v) is 2.26. The molecule has 1 saturated heterocycles. The van der Waals surface area contributed by atoms with E-state index < -0.39 is 0 Å². The molecule has 0 aromatic carbocycles. The average molecular weight is 272 g/mol. The van der Waals surface area contributed by atoms with E-state index in [0.717, 1.165) is 24.2 Å². The van der Waals surface area contributed by atoms with Crippen LogP contribution in [0, 0.1) is 6.92 Å². The first-order valence-corrected chi connectivity index (χ1v) is 5.91. The minimum atomic E-state index is 0.00878. The van der Waals surface area contributed by atoms with E-state index >= 15 is 0 Å². The van der Waals surface area contributed by atoms with Gasteiger partial charge in [0.05, 0.1) is 11.0 Å². The van der Waals surface area contributed by atoms with Gasteiger partial charge in [-0.2, -0.15) is 5.10 Å². The van der Waals surface area contributed by atoms with Crippen molar-refractivity contribution < 1.29 is 4.79 Å². The number of carbonyl (C=O) groups is 1. The van der Waals surface area contributed by atoms with Crippen LogP contribution >= 0.6 is 15.9 Å². The molecular weight excluding hydrogens is 258 g/mol. The van der Waals surface area contributed by atoms with Crippen LogP contribution in [-0.2, 0) is 18.4 Å². The number of hydrogen-bond donors (Lipinski definition) is 0. The van der Waals surface area contributed by atoms with Crippen molar-refractivity contribution in [1.29, 1.82) is 0 Å². The predicted molar refractivity (Wildman–Crippen MR) is 60.7 cm³/mol. The van der Waals surface area contributed by atoms with E-state index in [9.17, 15) is 4.79 Å². The molecule has 1 atom stereocenters. The molecule has 1 amide bonds. The molecule has 1 aliphatic rings. The summed E-state index contributed by atoms with van der Waals surface area (Å²) in [6.45, 7) is 3.54. The number of amides is 1. The smallest absolute Gasteiger partial charge is 0.236 e. The molecule has 0 saturated carbocycles. The highest BCUT2D eigenvalue weighted by molar-refractivity contribution is 9.10. The fourth-order valence-electron chi connectivity index (χ4n) is 1.76. The van der Waals surface area contributed by atoms with Gasteiger partial charge in [-0.1, -0.05) is 15.9 Å². The molecule has 0 spiro atoms. The molecule has 0 radical (unpaired) electrons. The topological polar surface area (TPSA) is 38.1 Å². The number of alkyl halides is 1. The number of hydrogen-bond acceptors (Lipinski definition) is 2. The lowest BCUT2D eigenvalue weighted by Crippen LogP contribution is -2.27. The van der Waals surface area contributed by atoms with Crippen molar-refractivity contribution in [3.05, 3.63) is 17.5 Å². The van der Waals surface area contributed by atoms with Gasteiger partial charge in [-0.3, -0.25) is 9.48 Å². The molecule has 0 bridgehead atoms. The molecule has 1 aromatic rings. The monoisotopic (exact) mass is 271 g/mol. The predicted octanol–water partition coefficient (Wildman–Crippen LogP) is 1.22. The molecule has 2 heterocycles. The molecular formula is C10H14BrN3O. The number of nitrogens with zero attached hydrogens (tertiary/aromatic N) is 3. The van der Waals surface area contributed by atoms with Gasteiger partial charge in [-0.25, -0.2) is 0 Å². The molecule has 15 heavy (non-hydrogen) atoms. The summed E-state index contributed by atoms with van der Waals surface area (Å²) in [7, 11) is 1.91. The Labute approximate surface area is 97.4 Å².